The van der Waals surface area contributed by atoms with Gasteiger partial charge in [-0.1, -0.05) is 13.3 Å². The molecule has 0 aromatic carbocycles. The van der Waals surface area contributed by atoms with Crippen LogP contribution in [0.1, 0.15) is 39.5 Å². The maximum atomic E-state index is 12.6. The van der Waals surface area contributed by atoms with Gasteiger partial charge in [0.2, 0.25) is 5.91 Å². The molecule has 2 heterocycles. The lowest BCUT2D eigenvalue weighted by molar-refractivity contribution is -0.135. The van der Waals surface area contributed by atoms with Crippen LogP contribution < -0.4 is 5.32 Å². The maximum Gasteiger partial charge on any atom is 0.239 e. The lowest BCUT2D eigenvalue weighted by Crippen LogP contribution is -2.57. The predicted molar refractivity (Wildman–Crippen MR) is 106 cm³/mol. The first-order valence-corrected chi connectivity index (χ1v) is 10.2. The number of hydrogen-bond donors (Lipinski definition) is 1. The minimum absolute atomic E-state index is 0.0165. The summed E-state index contributed by atoms with van der Waals surface area (Å²) in [4.78, 5) is 23.6. The Bertz CT molecular complexity index is 443. The van der Waals surface area contributed by atoms with E-state index in [2.05, 4.69) is 34.0 Å². The minimum Gasteiger partial charge on any atom is -0.380 e. The van der Waals surface area contributed by atoms with E-state index in [1.54, 1.807) is 0 Å². The van der Waals surface area contributed by atoms with Crippen molar-refractivity contribution in [3.8, 4) is 0 Å². The molecule has 2 aliphatic rings. The molecule has 26 heavy (non-hydrogen) atoms. The average molecular weight is 368 g/mol. The summed E-state index contributed by atoms with van der Waals surface area (Å²) in [5.74, 6) is 1.23. The molecule has 0 spiro atoms. The second kappa shape index (κ2) is 11.4. The molecule has 2 rings (SSSR count). The molecule has 7 nitrogen and oxygen atoms in total. The van der Waals surface area contributed by atoms with Gasteiger partial charge in [0.25, 0.3) is 0 Å². The second-order valence-electron chi connectivity index (χ2n) is 7.17. The van der Waals surface area contributed by atoms with Crippen LogP contribution in [-0.4, -0.2) is 98.7 Å². The zero-order chi connectivity index (χ0) is 18.8. The summed E-state index contributed by atoms with van der Waals surface area (Å²) < 4.78 is 5.59. The third-order valence-electron chi connectivity index (χ3n) is 5.32. The van der Waals surface area contributed by atoms with E-state index >= 15 is 0 Å². The van der Waals surface area contributed by atoms with Gasteiger partial charge in [0.15, 0.2) is 5.96 Å². The molecule has 1 unspecified atom stereocenters. The molecule has 0 aliphatic carbocycles. The van der Waals surface area contributed by atoms with Crippen molar-refractivity contribution in [2.45, 2.75) is 45.6 Å². The van der Waals surface area contributed by atoms with E-state index in [-0.39, 0.29) is 6.04 Å². The number of unbranched alkanes of at least 4 members (excludes halogenated alkanes) is 1. The third-order valence-corrected chi connectivity index (χ3v) is 5.32. The van der Waals surface area contributed by atoms with E-state index in [0.717, 1.165) is 84.1 Å². The third kappa shape index (κ3) is 6.13. The monoisotopic (exact) mass is 367 g/mol. The number of aliphatic imine (C=N–C) groups is 1. The normalized spacial score (nSPS) is 20.5. The number of rotatable bonds is 8. The van der Waals surface area contributed by atoms with Crippen molar-refractivity contribution >= 4 is 11.9 Å². The molecule has 0 saturated carbocycles. The van der Waals surface area contributed by atoms with Crippen LogP contribution in [0, 0.1) is 0 Å². The molecule has 7 heteroatoms. The summed E-state index contributed by atoms with van der Waals surface area (Å²) in [7, 11) is 1.83. The van der Waals surface area contributed by atoms with Crippen molar-refractivity contribution in [2.75, 3.05) is 66.1 Å². The predicted octanol–water partition coefficient (Wildman–Crippen LogP) is 1.01. The van der Waals surface area contributed by atoms with E-state index in [1.165, 1.54) is 0 Å². The Morgan fingerprint density at radius 2 is 1.77 bits per heavy atom. The van der Waals surface area contributed by atoms with Crippen molar-refractivity contribution < 1.29 is 9.53 Å². The molecule has 2 saturated heterocycles. The van der Waals surface area contributed by atoms with E-state index in [4.69, 9.17) is 4.74 Å². The number of nitrogens with zero attached hydrogens (tertiary/aromatic N) is 4. The van der Waals surface area contributed by atoms with E-state index < -0.39 is 0 Å². The largest absolute Gasteiger partial charge is 0.380 e. The SMILES string of the molecule is CCCCOCCNC(=NC)N1CCN(C(C)C(=O)N2CCCC2)CC1. The maximum absolute atomic E-state index is 12.6. The Labute approximate surface area is 158 Å². The van der Waals surface area contributed by atoms with Crippen molar-refractivity contribution in [3.63, 3.8) is 0 Å². The molecule has 0 aromatic heterocycles. The highest BCUT2D eigenvalue weighted by Gasteiger charge is 2.30. The fraction of sp³-hybridized carbons (Fsp3) is 0.895. The summed E-state index contributed by atoms with van der Waals surface area (Å²) in [6, 6.07) is -0.0165. The van der Waals surface area contributed by atoms with Crippen LogP contribution >= 0.6 is 0 Å². The molecular weight excluding hydrogens is 330 g/mol. The number of hydrogen-bond acceptors (Lipinski definition) is 4. The van der Waals surface area contributed by atoms with Crippen LogP contribution in [0.2, 0.25) is 0 Å². The lowest BCUT2D eigenvalue weighted by Gasteiger charge is -2.39. The molecule has 1 atom stereocenters. The van der Waals surface area contributed by atoms with Gasteiger partial charge in [0, 0.05) is 59.5 Å². The first-order chi connectivity index (χ1) is 12.7. The van der Waals surface area contributed by atoms with Crippen molar-refractivity contribution in [1.82, 2.24) is 20.0 Å². The topological polar surface area (TPSA) is 60.4 Å². The number of nitrogens with one attached hydrogen (secondary N) is 1. The summed E-state index contributed by atoms with van der Waals surface area (Å²) in [5.41, 5.74) is 0. The Morgan fingerprint density at radius 1 is 1.08 bits per heavy atom. The zero-order valence-electron chi connectivity index (χ0n) is 16.9. The van der Waals surface area contributed by atoms with Gasteiger partial charge in [-0.3, -0.25) is 14.7 Å². The lowest BCUT2D eigenvalue weighted by atomic mass is 10.2. The standard InChI is InChI=1S/C19H37N5O2/c1-4-5-15-26-16-8-21-19(20-3)24-13-11-22(12-14-24)17(2)18(25)23-9-6-7-10-23/h17H,4-16H2,1-3H3,(H,20,21). The van der Waals surface area contributed by atoms with Crippen LogP contribution in [0.25, 0.3) is 0 Å². The Balaban J connectivity index is 1.69. The van der Waals surface area contributed by atoms with Crippen LogP contribution in [-0.2, 0) is 9.53 Å². The van der Waals surface area contributed by atoms with Gasteiger partial charge < -0.3 is 19.9 Å². The number of carbonyl (C=O) groups excluding carboxylic acids is 1. The van der Waals surface area contributed by atoms with E-state index in [0.29, 0.717) is 12.5 Å². The highest BCUT2D eigenvalue weighted by molar-refractivity contribution is 5.82. The highest BCUT2D eigenvalue weighted by Crippen LogP contribution is 2.14. The number of guanidine groups is 1. The molecule has 2 aliphatic heterocycles. The Hall–Kier alpha value is -1.34. The first-order valence-electron chi connectivity index (χ1n) is 10.2. The summed E-state index contributed by atoms with van der Waals surface area (Å²) in [5, 5.41) is 3.38. The molecule has 0 radical (unpaired) electrons. The van der Waals surface area contributed by atoms with E-state index in [9.17, 15) is 4.79 Å². The van der Waals surface area contributed by atoms with Crippen molar-refractivity contribution in [2.24, 2.45) is 4.99 Å². The molecule has 0 bridgehead atoms. The molecule has 150 valence electrons. The van der Waals surface area contributed by atoms with Gasteiger partial charge in [-0.2, -0.15) is 0 Å². The Kier molecular flexibility index (Phi) is 9.18. The van der Waals surface area contributed by atoms with Crippen LogP contribution in [0.3, 0.4) is 0 Å². The molecular formula is C19H37N5O2. The summed E-state index contributed by atoms with van der Waals surface area (Å²) in [6.07, 6.45) is 4.58. The molecule has 1 N–H and O–H groups in total. The Morgan fingerprint density at radius 3 is 2.38 bits per heavy atom. The van der Waals surface area contributed by atoms with Gasteiger partial charge in [0.05, 0.1) is 12.6 Å². The molecule has 2 fully saturated rings. The quantitative estimate of drug-likeness (QED) is 0.394. The molecule has 0 aromatic rings. The second-order valence-corrected chi connectivity index (χ2v) is 7.17. The number of carbonyl (C=O) groups is 1. The fourth-order valence-electron chi connectivity index (χ4n) is 3.59. The van der Waals surface area contributed by atoms with Gasteiger partial charge in [-0.25, -0.2) is 0 Å². The zero-order valence-corrected chi connectivity index (χ0v) is 16.9. The first kappa shape index (κ1) is 21.0. The number of ether oxygens (including phenoxy) is 1. The van der Waals surface area contributed by atoms with Crippen LogP contribution in [0.15, 0.2) is 4.99 Å². The number of amides is 1. The summed E-state index contributed by atoms with van der Waals surface area (Å²) >= 11 is 0. The number of likely N-dealkylation sites (tertiary alicyclic amines) is 1. The van der Waals surface area contributed by atoms with Crippen LogP contribution in [0.4, 0.5) is 0 Å². The van der Waals surface area contributed by atoms with Gasteiger partial charge in [-0.05, 0) is 26.2 Å². The van der Waals surface area contributed by atoms with Crippen LogP contribution in [0.5, 0.6) is 0 Å². The van der Waals surface area contributed by atoms with Gasteiger partial charge >= 0.3 is 0 Å². The van der Waals surface area contributed by atoms with Crippen molar-refractivity contribution in [1.29, 1.82) is 0 Å². The summed E-state index contributed by atoms with van der Waals surface area (Å²) in [6.45, 7) is 12.0. The van der Waals surface area contributed by atoms with Crippen molar-refractivity contribution in [3.05, 3.63) is 0 Å². The van der Waals surface area contributed by atoms with Gasteiger partial charge in [-0.15, -0.1) is 0 Å². The van der Waals surface area contributed by atoms with Gasteiger partial charge in [0.1, 0.15) is 0 Å². The molecule has 1 amide bonds. The fourth-order valence-corrected chi connectivity index (χ4v) is 3.59. The minimum atomic E-state index is -0.0165. The average Bonchev–Trinajstić information content (AvgIpc) is 3.21. The van der Waals surface area contributed by atoms with E-state index in [1.807, 2.05) is 11.9 Å². The highest BCUT2D eigenvalue weighted by atomic mass is 16.5. The number of piperazine rings is 1. The smallest absolute Gasteiger partial charge is 0.239 e.